The number of methoxy groups -OCH3 is 1. The van der Waals surface area contributed by atoms with E-state index in [1.54, 1.807) is 7.57 Å². The SMILES string of the molecule is B[P@@]1OCC2OC(n3cnc4c(N)ncnc43)C(F)C2OP(=O)(O)OCC2OC(n3cnc4c(=O)[nH]c(N)nc43)C(O1)C2OC. The van der Waals surface area contributed by atoms with Crippen molar-refractivity contribution in [3.8, 4) is 0 Å². The molecule has 4 aromatic rings. The lowest BCUT2D eigenvalue weighted by Crippen LogP contribution is -2.37. The Bertz CT molecular complexity index is 1850. The second-order valence-electron chi connectivity index (χ2n) is 10.3. The molecule has 3 aliphatic heterocycles. The summed E-state index contributed by atoms with van der Waals surface area (Å²) in [4.78, 5) is 45.9. The van der Waals surface area contributed by atoms with Crippen molar-refractivity contribution in [2.45, 2.75) is 49.1 Å². The van der Waals surface area contributed by atoms with E-state index in [1.807, 2.05) is 0 Å². The molecule has 0 aliphatic carbocycles. The molecule has 0 amide bonds. The van der Waals surface area contributed by atoms with Crippen LogP contribution in [0.5, 0.6) is 0 Å². The van der Waals surface area contributed by atoms with E-state index in [0.29, 0.717) is 0 Å². The van der Waals surface area contributed by atoms with Gasteiger partial charge in [-0.1, -0.05) is 0 Å². The average Bonchev–Trinajstić information content (AvgIpc) is 3.75. The van der Waals surface area contributed by atoms with Gasteiger partial charge in [0, 0.05) is 7.11 Å². The van der Waals surface area contributed by atoms with Crippen LogP contribution >= 0.6 is 16.1 Å². The molecule has 3 aliphatic rings. The first-order chi connectivity index (χ1) is 21.5. The minimum atomic E-state index is -4.95. The van der Waals surface area contributed by atoms with E-state index >= 15 is 4.39 Å². The fourth-order valence-corrected chi connectivity index (χ4v) is 7.50. The fraction of sp³-hybridized carbons (Fsp3) is 0.524. The minimum absolute atomic E-state index is 0.00234. The van der Waals surface area contributed by atoms with Gasteiger partial charge in [-0.3, -0.25) is 28.0 Å². The number of phosphoric ester groups is 1. The number of aromatic nitrogens is 8. The van der Waals surface area contributed by atoms with Gasteiger partial charge >= 0.3 is 7.82 Å². The number of nitrogens with zero attached hydrogens (tertiary/aromatic N) is 7. The highest BCUT2D eigenvalue weighted by Crippen LogP contribution is 2.52. The van der Waals surface area contributed by atoms with E-state index in [1.165, 1.54) is 35.2 Å². The Morgan fingerprint density at radius 2 is 1.82 bits per heavy atom. The normalized spacial score (nSPS) is 36.0. The van der Waals surface area contributed by atoms with Gasteiger partial charge in [-0.05, 0) is 0 Å². The van der Waals surface area contributed by atoms with Crippen LogP contribution in [-0.2, 0) is 36.9 Å². The van der Waals surface area contributed by atoms with E-state index < -0.39 is 77.4 Å². The van der Waals surface area contributed by atoms with E-state index in [-0.39, 0.29) is 40.7 Å². The zero-order valence-electron chi connectivity index (χ0n) is 23.4. The molecule has 7 heterocycles. The molecule has 3 saturated heterocycles. The standard InChI is InChI=1S/C21H26BFN10O10P2/c1-37-13-8-3-39-45(35,36)43-12-7(40-19(9(12)23)32-5-28-10-15(24)26-4-27-16(10)32)2-38-44(22)42-14(13)20(41-8)33-6-29-11-17(33)30-21(25)31-18(11)34/h4-9,12-14,19-20H,2-3,22H2,1H3,(H,35,36)(H2,24,26,27)(H3,25,30,31,34)/t7?,8?,9?,12?,13?,14?,19?,20?,44-/m0/s1. The van der Waals surface area contributed by atoms with Gasteiger partial charge < -0.3 is 39.6 Å². The summed E-state index contributed by atoms with van der Waals surface area (Å²) in [6.07, 6.45) is -6.22. The van der Waals surface area contributed by atoms with Gasteiger partial charge in [0.25, 0.3) is 5.56 Å². The number of ether oxygens (including phenoxy) is 3. The fourth-order valence-electron chi connectivity index (χ4n) is 5.56. The number of fused-ring (bicyclic) bond motifs is 5. The van der Waals surface area contributed by atoms with Gasteiger partial charge in [-0.25, -0.2) is 28.9 Å². The van der Waals surface area contributed by atoms with E-state index in [9.17, 15) is 14.3 Å². The highest BCUT2D eigenvalue weighted by atomic mass is 31.2. The Hall–Kier alpha value is -3.17. The minimum Gasteiger partial charge on any atom is -0.382 e. The average molecular weight is 670 g/mol. The third-order valence-corrected chi connectivity index (χ3v) is 9.60. The molecule has 2 bridgehead atoms. The van der Waals surface area contributed by atoms with Crippen molar-refractivity contribution < 1.29 is 46.2 Å². The number of hydrogen-bond acceptors (Lipinski definition) is 16. The summed E-state index contributed by atoms with van der Waals surface area (Å²) < 4.78 is 72.5. The number of H-pyrrole nitrogens is 1. The number of imidazole rings is 2. The summed E-state index contributed by atoms with van der Waals surface area (Å²) in [5.74, 6) is -0.0692. The predicted molar refractivity (Wildman–Crippen MR) is 153 cm³/mol. The van der Waals surface area contributed by atoms with Crippen LogP contribution in [0.25, 0.3) is 22.3 Å². The molecule has 240 valence electrons. The molecule has 7 rings (SSSR count). The molecule has 45 heavy (non-hydrogen) atoms. The molecule has 10 atom stereocenters. The number of aromatic amines is 1. The van der Waals surface area contributed by atoms with Gasteiger partial charge in [0.15, 0.2) is 41.3 Å². The first-order valence-electron chi connectivity index (χ1n) is 13.4. The van der Waals surface area contributed by atoms with Crippen LogP contribution in [0.15, 0.2) is 23.8 Å². The first kappa shape index (κ1) is 30.5. The summed E-state index contributed by atoms with van der Waals surface area (Å²) >= 11 is 0. The first-order valence-corrected chi connectivity index (χ1v) is 16.5. The van der Waals surface area contributed by atoms with E-state index in [2.05, 4.69) is 29.9 Å². The smallest absolute Gasteiger partial charge is 0.382 e. The van der Waals surface area contributed by atoms with Crippen LogP contribution < -0.4 is 17.0 Å². The van der Waals surface area contributed by atoms with Crippen LogP contribution in [0.1, 0.15) is 12.5 Å². The van der Waals surface area contributed by atoms with Crippen LogP contribution in [0.3, 0.4) is 0 Å². The van der Waals surface area contributed by atoms with Crippen molar-refractivity contribution >= 4 is 57.7 Å². The number of hydrogen-bond donors (Lipinski definition) is 4. The largest absolute Gasteiger partial charge is 0.472 e. The predicted octanol–water partition coefficient (Wildman–Crippen LogP) is -0.951. The summed E-state index contributed by atoms with van der Waals surface area (Å²) in [5, 5.41) is 0. The van der Waals surface area contributed by atoms with Crippen LogP contribution in [0.2, 0.25) is 0 Å². The molecule has 0 saturated carbocycles. The maximum absolute atomic E-state index is 16.0. The Kier molecular flexibility index (Phi) is 7.84. The topological polar surface area (TPSA) is 261 Å². The molecule has 0 spiro atoms. The third kappa shape index (κ3) is 5.40. The maximum Gasteiger partial charge on any atom is 0.472 e. The third-order valence-electron chi connectivity index (χ3n) is 7.56. The van der Waals surface area contributed by atoms with Crippen molar-refractivity contribution in [1.82, 2.24) is 39.0 Å². The second-order valence-corrected chi connectivity index (χ2v) is 13.0. The molecule has 0 radical (unpaired) electrons. The molecular weight excluding hydrogens is 644 g/mol. The second kappa shape index (κ2) is 11.6. The summed E-state index contributed by atoms with van der Waals surface area (Å²) in [7, 11) is -3.66. The van der Waals surface area contributed by atoms with Gasteiger partial charge in [-0.2, -0.15) is 4.98 Å². The number of halogens is 1. The van der Waals surface area contributed by atoms with E-state index in [4.69, 9.17) is 43.8 Å². The maximum atomic E-state index is 16.0. The highest BCUT2D eigenvalue weighted by molar-refractivity contribution is 7.74. The zero-order chi connectivity index (χ0) is 31.6. The number of nitrogens with two attached hydrogens (primary N) is 2. The molecule has 0 aromatic carbocycles. The number of alkyl halides is 1. The monoisotopic (exact) mass is 670 g/mol. The quantitative estimate of drug-likeness (QED) is 0.151. The lowest BCUT2D eigenvalue weighted by Gasteiger charge is -2.27. The summed E-state index contributed by atoms with van der Waals surface area (Å²) in [5.41, 5.74) is 11.6. The van der Waals surface area contributed by atoms with Crippen molar-refractivity contribution in [1.29, 1.82) is 0 Å². The molecule has 4 aromatic heterocycles. The lowest BCUT2D eigenvalue weighted by atomic mass is 10.1. The number of nitrogen functional groups attached to an aromatic ring is 2. The molecular formula is C21H26BFN10O10P2. The Labute approximate surface area is 253 Å². The summed E-state index contributed by atoms with van der Waals surface area (Å²) in [6.45, 7) is -0.844. The highest BCUT2D eigenvalue weighted by Gasteiger charge is 2.53. The Morgan fingerprint density at radius 1 is 1.09 bits per heavy atom. The van der Waals surface area contributed by atoms with Crippen molar-refractivity contribution in [3.05, 3.63) is 29.3 Å². The molecule has 3 fully saturated rings. The molecule has 6 N–H and O–H groups in total. The summed E-state index contributed by atoms with van der Waals surface area (Å²) in [6, 6.07) is 0. The molecule has 9 unspecified atom stereocenters. The number of nitrogens with one attached hydrogen (secondary N) is 1. The van der Waals surface area contributed by atoms with Gasteiger partial charge in [0.05, 0.1) is 25.9 Å². The van der Waals surface area contributed by atoms with Crippen molar-refractivity contribution in [2.75, 3.05) is 31.8 Å². The van der Waals surface area contributed by atoms with Crippen LogP contribution in [0.4, 0.5) is 16.2 Å². The van der Waals surface area contributed by atoms with Crippen LogP contribution in [-0.4, -0.2) is 109 Å². The van der Waals surface area contributed by atoms with Crippen LogP contribution in [0, 0.1) is 0 Å². The molecule has 24 heteroatoms. The Morgan fingerprint density at radius 3 is 2.60 bits per heavy atom. The van der Waals surface area contributed by atoms with Gasteiger partial charge in [0.2, 0.25) is 13.5 Å². The van der Waals surface area contributed by atoms with Crippen molar-refractivity contribution in [2.24, 2.45) is 0 Å². The van der Waals surface area contributed by atoms with Gasteiger partial charge in [0.1, 0.15) is 50.6 Å². The lowest BCUT2D eigenvalue weighted by molar-refractivity contribution is -0.0617. The Balaban J connectivity index is 1.19. The van der Waals surface area contributed by atoms with Gasteiger partial charge in [-0.15, -0.1) is 0 Å². The number of anilines is 2. The zero-order valence-corrected chi connectivity index (χ0v) is 25.2. The number of phosphoric acid groups is 1. The van der Waals surface area contributed by atoms with E-state index in [0.717, 1.165) is 0 Å². The molecule has 20 nitrogen and oxygen atoms in total. The van der Waals surface area contributed by atoms with Crippen molar-refractivity contribution in [3.63, 3.8) is 0 Å². The number of rotatable bonds is 3.